The second-order valence-electron chi connectivity index (χ2n) is 4.13. The Morgan fingerprint density at radius 2 is 2.18 bits per heavy atom. The Labute approximate surface area is 104 Å². The van der Waals surface area contributed by atoms with Gasteiger partial charge in [-0.15, -0.1) is 11.3 Å². The lowest BCUT2D eigenvalue weighted by molar-refractivity contribution is 0.103. The molecule has 0 aliphatic carbocycles. The van der Waals surface area contributed by atoms with E-state index in [2.05, 4.69) is 0 Å². The van der Waals surface area contributed by atoms with Crippen molar-refractivity contribution in [1.82, 2.24) is 0 Å². The second kappa shape index (κ2) is 4.00. The summed E-state index contributed by atoms with van der Waals surface area (Å²) in [4.78, 5) is 14.3. The van der Waals surface area contributed by atoms with E-state index in [4.69, 9.17) is 4.74 Å². The molecular formula is C14H12O2S. The lowest BCUT2D eigenvalue weighted by Crippen LogP contribution is -2.01. The van der Waals surface area contributed by atoms with Gasteiger partial charge in [0.25, 0.3) is 0 Å². The summed E-state index contributed by atoms with van der Waals surface area (Å²) in [6.07, 6.45) is 0.903. The van der Waals surface area contributed by atoms with E-state index in [1.807, 2.05) is 37.3 Å². The van der Waals surface area contributed by atoms with Gasteiger partial charge in [0.2, 0.25) is 5.78 Å². The maximum absolute atomic E-state index is 12.3. The van der Waals surface area contributed by atoms with E-state index in [0.29, 0.717) is 12.2 Å². The number of para-hydroxylation sites is 1. The summed E-state index contributed by atoms with van der Waals surface area (Å²) in [6.45, 7) is 2.69. The van der Waals surface area contributed by atoms with Gasteiger partial charge in [-0.3, -0.25) is 4.79 Å². The van der Waals surface area contributed by atoms with Crippen LogP contribution in [0.2, 0.25) is 0 Å². The van der Waals surface area contributed by atoms with Crippen molar-refractivity contribution < 1.29 is 9.53 Å². The van der Waals surface area contributed by atoms with E-state index in [9.17, 15) is 4.79 Å². The van der Waals surface area contributed by atoms with Crippen LogP contribution in [0.25, 0.3) is 0 Å². The van der Waals surface area contributed by atoms with Gasteiger partial charge >= 0.3 is 0 Å². The van der Waals surface area contributed by atoms with Crippen LogP contribution >= 0.6 is 11.3 Å². The highest BCUT2D eigenvalue weighted by Crippen LogP contribution is 2.32. The van der Waals surface area contributed by atoms with Gasteiger partial charge in [-0.1, -0.05) is 12.1 Å². The molecule has 0 fully saturated rings. The number of rotatable bonds is 2. The molecule has 1 aliphatic heterocycles. The van der Waals surface area contributed by atoms with Gasteiger partial charge in [-0.25, -0.2) is 0 Å². The molecule has 0 radical (unpaired) electrons. The lowest BCUT2D eigenvalue weighted by Gasteiger charge is -2.05. The number of ketones is 1. The van der Waals surface area contributed by atoms with Gasteiger partial charge < -0.3 is 4.74 Å². The zero-order chi connectivity index (χ0) is 11.8. The average molecular weight is 244 g/mol. The first-order valence-corrected chi connectivity index (χ1v) is 6.43. The monoisotopic (exact) mass is 244 g/mol. The molecule has 2 heterocycles. The predicted octanol–water partition coefficient (Wildman–Crippen LogP) is 3.22. The van der Waals surface area contributed by atoms with Crippen LogP contribution in [0.4, 0.5) is 0 Å². The van der Waals surface area contributed by atoms with Crippen LogP contribution in [-0.2, 0) is 6.42 Å². The number of carbonyl (C=O) groups is 1. The summed E-state index contributed by atoms with van der Waals surface area (Å²) >= 11 is 1.53. The molecular weight excluding hydrogens is 232 g/mol. The number of fused-ring (bicyclic) bond motifs is 1. The predicted molar refractivity (Wildman–Crippen MR) is 68.1 cm³/mol. The summed E-state index contributed by atoms with van der Waals surface area (Å²) in [5.41, 5.74) is 1.84. The molecule has 1 aromatic heterocycles. The molecule has 3 rings (SSSR count). The van der Waals surface area contributed by atoms with Gasteiger partial charge in [0.05, 0.1) is 17.0 Å². The smallest absolute Gasteiger partial charge is 0.206 e. The van der Waals surface area contributed by atoms with Crippen molar-refractivity contribution in [2.75, 3.05) is 6.61 Å². The van der Waals surface area contributed by atoms with Crippen molar-refractivity contribution in [3.63, 3.8) is 0 Å². The van der Waals surface area contributed by atoms with Crippen LogP contribution in [0.15, 0.2) is 30.3 Å². The second-order valence-corrected chi connectivity index (χ2v) is 5.42. The fraction of sp³-hybridized carbons (Fsp3) is 0.214. The quantitative estimate of drug-likeness (QED) is 0.758. The maximum atomic E-state index is 12.3. The molecule has 1 aliphatic rings. The highest BCUT2D eigenvalue weighted by atomic mass is 32.1. The molecule has 1 aromatic carbocycles. The molecule has 2 nitrogen and oxygen atoms in total. The van der Waals surface area contributed by atoms with Crippen molar-refractivity contribution in [1.29, 1.82) is 0 Å². The standard InChI is InChI=1S/C14H12O2S/c1-9-5-6-12(17-9)13(15)11-4-2-3-10-7-8-16-14(10)11/h2-6H,7-8H2,1H3. The Kier molecular flexibility index (Phi) is 2.48. The van der Waals surface area contributed by atoms with E-state index >= 15 is 0 Å². The Hall–Kier alpha value is -1.61. The first-order chi connectivity index (χ1) is 8.25. The fourth-order valence-electron chi connectivity index (χ4n) is 2.08. The summed E-state index contributed by atoms with van der Waals surface area (Å²) in [7, 11) is 0. The normalized spacial score (nSPS) is 13.2. The Bertz CT molecular complexity index is 584. The Balaban J connectivity index is 2.05. The molecule has 0 N–H and O–H groups in total. The highest BCUT2D eigenvalue weighted by Gasteiger charge is 2.21. The van der Waals surface area contributed by atoms with E-state index in [0.717, 1.165) is 27.5 Å². The van der Waals surface area contributed by atoms with E-state index in [1.165, 1.54) is 11.3 Å². The third kappa shape index (κ3) is 1.76. The van der Waals surface area contributed by atoms with E-state index in [1.54, 1.807) is 0 Å². The summed E-state index contributed by atoms with van der Waals surface area (Å²) in [6, 6.07) is 9.67. The van der Waals surface area contributed by atoms with Crippen LogP contribution in [-0.4, -0.2) is 12.4 Å². The van der Waals surface area contributed by atoms with Gasteiger partial charge in [-0.05, 0) is 30.7 Å². The number of carbonyl (C=O) groups excluding carboxylic acids is 1. The van der Waals surface area contributed by atoms with Crippen LogP contribution in [0.3, 0.4) is 0 Å². The van der Waals surface area contributed by atoms with Crippen LogP contribution in [0.5, 0.6) is 5.75 Å². The molecule has 17 heavy (non-hydrogen) atoms. The molecule has 0 saturated carbocycles. The van der Waals surface area contributed by atoms with Gasteiger partial charge in [0, 0.05) is 11.3 Å². The molecule has 0 saturated heterocycles. The minimum atomic E-state index is 0.0712. The first-order valence-electron chi connectivity index (χ1n) is 5.61. The zero-order valence-corrected chi connectivity index (χ0v) is 10.3. The molecule has 0 spiro atoms. The van der Waals surface area contributed by atoms with Crippen LogP contribution in [0.1, 0.15) is 25.7 Å². The molecule has 86 valence electrons. The van der Waals surface area contributed by atoms with Crippen LogP contribution < -0.4 is 4.74 Å². The van der Waals surface area contributed by atoms with Crippen molar-refractivity contribution >= 4 is 17.1 Å². The Morgan fingerprint density at radius 3 is 2.94 bits per heavy atom. The van der Waals surface area contributed by atoms with E-state index < -0.39 is 0 Å². The SMILES string of the molecule is Cc1ccc(C(=O)c2cccc3c2OCC3)s1. The molecule has 0 amide bonds. The Morgan fingerprint density at radius 1 is 1.29 bits per heavy atom. The van der Waals surface area contributed by atoms with Crippen molar-refractivity contribution in [2.24, 2.45) is 0 Å². The minimum Gasteiger partial charge on any atom is -0.492 e. The third-order valence-electron chi connectivity index (χ3n) is 2.92. The number of benzene rings is 1. The molecule has 2 aromatic rings. The summed E-state index contributed by atoms with van der Waals surface area (Å²) in [5.74, 6) is 0.852. The fourth-order valence-corrected chi connectivity index (χ4v) is 2.90. The average Bonchev–Trinajstić information content (AvgIpc) is 2.95. The van der Waals surface area contributed by atoms with Gasteiger partial charge in [0.1, 0.15) is 5.75 Å². The maximum Gasteiger partial charge on any atom is 0.206 e. The zero-order valence-electron chi connectivity index (χ0n) is 9.53. The lowest BCUT2D eigenvalue weighted by atomic mass is 10.0. The first kappa shape index (κ1) is 10.5. The number of ether oxygens (including phenoxy) is 1. The van der Waals surface area contributed by atoms with E-state index in [-0.39, 0.29) is 5.78 Å². The largest absolute Gasteiger partial charge is 0.492 e. The van der Waals surface area contributed by atoms with Crippen molar-refractivity contribution in [3.05, 3.63) is 51.2 Å². The molecule has 0 atom stereocenters. The van der Waals surface area contributed by atoms with Crippen LogP contribution in [0, 0.1) is 6.92 Å². The number of hydrogen-bond acceptors (Lipinski definition) is 3. The molecule has 3 heteroatoms. The van der Waals surface area contributed by atoms with Crippen molar-refractivity contribution in [3.8, 4) is 5.75 Å². The van der Waals surface area contributed by atoms with Gasteiger partial charge in [-0.2, -0.15) is 0 Å². The summed E-state index contributed by atoms with van der Waals surface area (Å²) in [5, 5.41) is 0. The number of thiophene rings is 1. The third-order valence-corrected chi connectivity index (χ3v) is 3.92. The molecule has 0 unspecified atom stereocenters. The number of aryl methyl sites for hydroxylation is 1. The minimum absolute atomic E-state index is 0.0712. The number of hydrogen-bond donors (Lipinski definition) is 0. The molecule has 0 bridgehead atoms. The van der Waals surface area contributed by atoms with Crippen molar-refractivity contribution in [2.45, 2.75) is 13.3 Å². The summed E-state index contributed by atoms with van der Waals surface area (Å²) < 4.78 is 5.56. The highest BCUT2D eigenvalue weighted by molar-refractivity contribution is 7.14. The van der Waals surface area contributed by atoms with Gasteiger partial charge in [0.15, 0.2) is 0 Å². The topological polar surface area (TPSA) is 26.3 Å².